The smallest absolute Gasteiger partial charge is 0.243 e. The highest BCUT2D eigenvalue weighted by atomic mass is 32.2. The van der Waals surface area contributed by atoms with E-state index in [-0.39, 0.29) is 22.8 Å². The number of benzene rings is 3. The van der Waals surface area contributed by atoms with Gasteiger partial charge in [0.15, 0.2) is 5.12 Å². The Bertz CT molecular complexity index is 1060. The molecule has 3 rings (SSSR count). The molecule has 2 N–H and O–H groups in total. The Hall–Kier alpha value is -3.03. The quantitative estimate of drug-likeness (QED) is 0.245. The summed E-state index contributed by atoms with van der Waals surface area (Å²) >= 11 is 2.84. The molecule has 37 heavy (non-hydrogen) atoms. The number of nitrogens with one attached hydrogen (secondary N) is 2. The molecule has 1 atom stereocenters. The molecule has 0 fully saturated rings. The van der Waals surface area contributed by atoms with Crippen molar-refractivity contribution in [3.63, 3.8) is 0 Å². The number of hydrogen-bond donors (Lipinski definition) is 2. The normalized spacial score (nSPS) is 12.1. The van der Waals surface area contributed by atoms with E-state index in [0.29, 0.717) is 18.1 Å². The van der Waals surface area contributed by atoms with Gasteiger partial charge in [-0.3, -0.25) is 14.4 Å². The molecule has 0 radical (unpaired) electrons. The summed E-state index contributed by atoms with van der Waals surface area (Å²) in [4.78, 5) is 37.1. The first-order chi connectivity index (χ1) is 17.8. The van der Waals surface area contributed by atoms with Crippen molar-refractivity contribution in [3.05, 3.63) is 108 Å². The van der Waals surface area contributed by atoms with Crippen molar-refractivity contribution < 1.29 is 14.4 Å². The molecule has 194 valence electrons. The van der Waals surface area contributed by atoms with Gasteiger partial charge in [-0.25, -0.2) is 0 Å². The first-order valence-electron chi connectivity index (χ1n) is 12.4. The van der Waals surface area contributed by atoms with Gasteiger partial charge in [-0.15, -0.1) is 11.8 Å². The Morgan fingerprint density at radius 2 is 1.24 bits per heavy atom. The lowest BCUT2D eigenvalue weighted by atomic mass is 9.84. The molecule has 0 bridgehead atoms. The highest BCUT2D eigenvalue weighted by molar-refractivity contribution is 8.13. The van der Waals surface area contributed by atoms with Crippen molar-refractivity contribution in [2.24, 2.45) is 5.92 Å². The van der Waals surface area contributed by atoms with Crippen LogP contribution in [0.15, 0.2) is 91.0 Å². The summed E-state index contributed by atoms with van der Waals surface area (Å²) in [5.74, 6) is 0.261. The average Bonchev–Trinajstić information content (AvgIpc) is 2.92. The third-order valence-electron chi connectivity index (χ3n) is 5.82. The zero-order valence-corrected chi connectivity index (χ0v) is 23.1. The SMILES string of the molecule is CC(=O)N[C@@H](CSC(c1ccccc1)(c1ccccc1)c1ccccc1)C(=O)NCCSC(=O)C(C)C. The van der Waals surface area contributed by atoms with Crippen LogP contribution in [0.5, 0.6) is 0 Å². The van der Waals surface area contributed by atoms with E-state index >= 15 is 0 Å². The van der Waals surface area contributed by atoms with Crippen LogP contribution in [0.2, 0.25) is 0 Å². The van der Waals surface area contributed by atoms with Crippen molar-refractivity contribution >= 4 is 40.5 Å². The molecule has 3 aromatic rings. The maximum absolute atomic E-state index is 13.2. The lowest BCUT2D eigenvalue weighted by Gasteiger charge is -2.36. The molecule has 0 heterocycles. The maximum atomic E-state index is 13.2. The van der Waals surface area contributed by atoms with E-state index in [2.05, 4.69) is 47.0 Å². The van der Waals surface area contributed by atoms with E-state index < -0.39 is 10.8 Å². The Morgan fingerprint density at radius 3 is 1.65 bits per heavy atom. The minimum absolute atomic E-state index is 0.0497. The van der Waals surface area contributed by atoms with E-state index in [4.69, 9.17) is 0 Å². The topological polar surface area (TPSA) is 75.3 Å². The molecule has 0 unspecified atom stereocenters. The molecule has 0 spiro atoms. The van der Waals surface area contributed by atoms with Gasteiger partial charge in [0.25, 0.3) is 0 Å². The highest BCUT2D eigenvalue weighted by Crippen LogP contribution is 2.48. The number of hydrogen-bond acceptors (Lipinski definition) is 5. The lowest BCUT2D eigenvalue weighted by molar-refractivity contribution is -0.127. The van der Waals surface area contributed by atoms with Crippen molar-refractivity contribution in [3.8, 4) is 0 Å². The predicted octanol–water partition coefficient (Wildman–Crippen LogP) is 5.25. The van der Waals surface area contributed by atoms with E-state index in [1.165, 1.54) is 18.7 Å². The third kappa shape index (κ3) is 7.73. The monoisotopic (exact) mass is 534 g/mol. The molecule has 0 aliphatic rings. The molecule has 7 heteroatoms. The summed E-state index contributed by atoms with van der Waals surface area (Å²) in [5.41, 5.74) is 3.26. The van der Waals surface area contributed by atoms with Crippen LogP contribution in [0.25, 0.3) is 0 Å². The molecule has 0 aliphatic heterocycles. The minimum atomic E-state index is -0.733. The molecule has 3 aromatic carbocycles. The van der Waals surface area contributed by atoms with Gasteiger partial charge in [-0.2, -0.15) is 0 Å². The summed E-state index contributed by atoms with van der Waals surface area (Å²) < 4.78 is -0.597. The van der Waals surface area contributed by atoms with Crippen molar-refractivity contribution in [1.82, 2.24) is 10.6 Å². The first-order valence-corrected chi connectivity index (χ1v) is 14.3. The lowest BCUT2D eigenvalue weighted by Crippen LogP contribution is -2.48. The van der Waals surface area contributed by atoms with Gasteiger partial charge in [-0.1, -0.05) is 117 Å². The van der Waals surface area contributed by atoms with Crippen LogP contribution in [0.4, 0.5) is 0 Å². The summed E-state index contributed by atoms with van der Waals surface area (Å²) in [6.07, 6.45) is 0. The van der Waals surface area contributed by atoms with Gasteiger partial charge in [0.1, 0.15) is 6.04 Å². The van der Waals surface area contributed by atoms with Gasteiger partial charge < -0.3 is 10.6 Å². The van der Waals surface area contributed by atoms with E-state index in [1.807, 2.05) is 68.4 Å². The van der Waals surface area contributed by atoms with E-state index in [0.717, 1.165) is 16.7 Å². The van der Waals surface area contributed by atoms with Crippen LogP contribution in [0.1, 0.15) is 37.5 Å². The summed E-state index contributed by atoms with van der Waals surface area (Å²) in [6.45, 7) is 5.48. The number of amides is 2. The molecule has 0 aliphatic carbocycles. The van der Waals surface area contributed by atoms with Crippen molar-refractivity contribution in [1.29, 1.82) is 0 Å². The fourth-order valence-corrected chi connectivity index (χ4v) is 6.32. The van der Waals surface area contributed by atoms with E-state index in [9.17, 15) is 14.4 Å². The van der Waals surface area contributed by atoms with Gasteiger partial charge in [0.05, 0.1) is 4.75 Å². The third-order valence-corrected chi connectivity index (χ3v) is 8.62. The second-order valence-corrected chi connectivity index (χ2v) is 11.3. The molecule has 0 saturated carbocycles. The Labute approximate surface area is 228 Å². The Morgan fingerprint density at radius 1 is 0.784 bits per heavy atom. The molecular weight excluding hydrogens is 500 g/mol. The standard InChI is InChI=1S/C30H34N2O3S2/c1-22(2)29(35)36-20-19-31-28(34)27(32-23(3)33)21-37-30(24-13-7-4-8-14-24,25-15-9-5-10-16-25)26-17-11-6-12-18-26/h4-18,22,27H,19-21H2,1-3H3,(H,31,34)(H,32,33)/t27-/m0/s1. The summed E-state index contributed by atoms with van der Waals surface area (Å²) in [7, 11) is 0. The zero-order valence-electron chi connectivity index (χ0n) is 21.5. The van der Waals surface area contributed by atoms with Gasteiger partial charge in [-0.05, 0) is 16.7 Å². The second-order valence-electron chi connectivity index (χ2n) is 8.96. The van der Waals surface area contributed by atoms with E-state index in [1.54, 1.807) is 11.8 Å². The summed E-state index contributed by atoms with van der Waals surface area (Å²) in [5, 5.41) is 5.83. The number of thioether (sulfide) groups is 2. The van der Waals surface area contributed by atoms with Crippen LogP contribution in [-0.4, -0.2) is 41.0 Å². The van der Waals surface area contributed by atoms with Crippen LogP contribution < -0.4 is 10.6 Å². The fraction of sp³-hybridized carbons (Fsp3) is 0.300. The maximum Gasteiger partial charge on any atom is 0.243 e. The van der Waals surface area contributed by atoms with Crippen LogP contribution in [0.3, 0.4) is 0 Å². The van der Waals surface area contributed by atoms with Crippen LogP contribution in [0, 0.1) is 5.92 Å². The molecule has 0 aromatic heterocycles. The number of carbonyl (C=O) groups is 3. The number of carbonyl (C=O) groups excluding carboxylic acids is 3. The molecule has 2 amide bonds. The van der Waals surface area contributed by atoms with Crippen molar-refractivity contribution in [2.75, 3.05) is 18.1 Å². The molecule has 5 nitrogen and oxygen atoms in total. The fourth-order valence-electron chi connectivity index (χ4n) is 4.02. The Kier molecular flexibility index (Phi) is 10.8. The minimum Gasteiger partial charge on any atom is -0.353 e. The summed E-state index contributed by atoms with van der Waals surface area (Å²) in [6, 6.07) is 30.0. The zero-order chi connectivity index (χ0) is 26.7. The largest absolute Gasteiger partial charge is 0.353 e. The predicted molar refractivity (Wildman–Crippen MR) is 155 cm³/mol. The number of rotatable bonds is 12. The average molecular weight is 535 g/mol. The highest BCUT2D eigenvalue weighted by Gasteiger charge is 2.38. The van der Waals surface area contributed by atoms with Gasteiger partial charge in [0, 0.05) is 30.9 Å². The molecule has 0 saturated heterocycles. The van der Waals surface area contributed by atoms with Crippen LogP contribution >= 0.6 is 23.5 Å². The van der Waals surface area contributed by atoms with Crippen molar-refractivity contribution in [2.45, 2.75) is 31.6 Å². The van der Waals surface area contributed by atoms with Gasteiger partial charge >= 0.3 is 0 Å². The second kappa shape index (κ2) is 14.1. The van der Waals surface area contributed by atoms with Crippen LogP contribution in [-0.2, 0) is 19.1 Å². The Balaban J connectivity index is 1.90. The first kappa shape index (κ1) is 28.5. The van der Waals surface area contributed by atoms with Gasteiger partial charge in [0.2, 0.25) is 11.8 Å². The molecular formula is C30H34N2O3S2.